The maximum absolute atomic E-state index is 13.4. The first-order valence-corrected chi connectivity index (χ1v) is 9.97. The molecule has 4 rings (SSSR count). The van der Waals surface area contributed by atoms with Gasteiger partial charge in [-0.3, -0.25) is 9.59 Å². The van der Waals surface area contributed by atoms with E-state index in [1.165, 1.54) is 16.7 Å². The van der Waals surface area contributed by atoms with Crippen LogP contribution in [-0.2, 0) is 9.59 Å². The molecule has 29 heavy (non-hydrogen) atoms. The maximum Gasteiger partial charge on any atom is 0.272 e. The van der Waals surface area contributed by atoms with E-state index in [2.05, 4.69) is 0 Å². The molecular weight excluding hydrogens is 382 g/mol. The summed E-state index contributed by atoms with van der Waals surface area (Å²) in [5.74, 6) is 0.0329. The SMILES string of the molecule is COc1ccc(N2C(=O)C(Sc3ccccc3)=C(c3ccc(C)cc3)C2=O)cc1. The summed E-state index contributed by atoms with van der Waals surface area (Å²) in [5, 5.41) is 0. The van der Waals surface area contributed by atoms with Crippen LogP contribution in [0.25, 0.3) is 5.57 Å². The van der Waals surface area contributed by atoms with Crippen molar-refractivity contribution in [2.24, 2.45) is 0 Å². The van der Waals surface area contributed by atoms with Gasteiger partial charge in [0.25, 0.3) is 11.8 Å². The van der Waals surface area contributed by atoms with Gasteiger partial charge in [0, 0.05) is 4.90 Å². The van der Waals surface area contributed by atoms with Gasteiger partial charge in [0.1, 0.15) is 5.75 Å². The van der Waals surface area contributed by atoms with Crippen LogP contribution in [0.4, 0.5) is 5.69 Å². The average molecular weight is 401 g/mol. The molecule has 0 radical (unpaired) electrons. The van der Waals surface area contributed by atoms with Crippen LogP contribution < -0.4 is 9.64 Å². The van der Waals surface area contributed by atoms with E-state index < -0.39 is 0 Å². The Labute approximate surface area is 173 Å². The van der Waals surface area contributed by atoms with Gasteiger partial charge in [-0.15, -0.1) is 0 Å². The quantitative estimate of drug-likeness (QED) is 0.560. The first kappa shape index (κ1) is 19.0. The summed E-state index contributed by atoms with van der Waals surface area (Å²) in [6.07, 6.45) is 0. The molecule has 5 heteroatoms. The van der Waals surface area contributed by atoms with Crippen molar-refractivity contribution in [1.82, 2.24) is 0 Å². The predicted molar refractivity (Wildman–Crippen MR) is 116 cm³/mol. The number of anilines is 1. The number of aryl methyl sites for hydroxylation is 1. The highest BCUT2D eigenvalue weighted by atomic mass is 32.2. The second-order valence-corrected chi connectivity index (χ2v) is 7.71. The highest BCUT2D eigenvalue weighted by Gasteiger charge is 2.40. The van der Waals surface area contributed by atoms with Gasteiger partial charge in [-0.1, -0.05) is 59.8 Å². The van der Waals surface area contributed by atoms with Crippen LogP contribution in [0.3, 0.4) is 0 Å². The van der Waals surface area contributed by atoms with E-state index in [-0.39, 0.29) is 11.8 Å². The van der Waals surface area contributed by atoms with E-state index in [4.69, 9.17) is 4.74 Å². The lowest BCUT2D eigenvalue weighted by Crippen LogP contribution is -2.31. The van der Waals surface area contributed by atoms with Crippen molar-refractivity contribution >= 4 is 34.8 Å². The molecule has 0 bridgehead atoms. The van der Waals surface area contributed by atoms with E-state index in [1.807, 2.05) is 61.5 Å². The van der Waals surface area contributed by atoms with Crippen molar-refractivity contribution in [1.29, 1.82) is 0 Å². The minimum atomic E-state index is -0.317. The Morgan fingerprint density at radius 1 is 0.793 bits per heavy atom. The molecular formula is C24H19NO3S. The summed E-state index contributed by atoms with van der Waals surface area (Å²) in [6.45, 7) is 1.99. The highest BCUT2D eigenvalue weighted by Crippen LogP contribution is 2.41. The number of ether oxygens (including phenoxy) is 1. The zero-order chi connectivity index (χ0) is 20.4. The number of imide groups is 1. The molecule has 0 saturated carbocycles. The Balaban J connectivity index is 1.79. The third kappa shape index (κ3) is 3.69. The Kier molecular flexibility index (Phi) is 5.23. The second-order valence-electron chi connectivity index (χ2n) is 6.63. The van der Waals surface area contributed by atoms with Gasteiger partial charge in [0.15, 0.2) is 0 Å². The molecule has 0 aliphatic carbocycles. The molecule has 0 unspecified atom stereocenters. The van der Waals surface area contributed by atoms with Crippen molar-refractivity contribution in [2.45, 2.75) is 11.8 Å². The number of carbonyl (C=O) groups excluding carboxylic acids is 2. The van der Waals surface area contributed by atoms with Gasteiger partial charge in [0.05, 0.1) is 23.3 Å². The lowest BCUT2D eigenvalue weighted by Gasteiger charge is -2.15. The van der Waals surface area contributed by atoms with Gasteiger partial charge in [-0.05, 0) is 48.9 Å². The summed E-state index contributed by atoms with van der Waals surface area (Å²) < 4.78 is 5.18. The first-order chi connectivity index (χ1) is 14.1. The molecule has 3 aromatic carbocycles. The molecule has 3 aromatic rings. The number of carbonyl (C=O) groups is 2. The number of thioether (sulfide) groups is 1. The van der Waals surface area contributed by atoms with E-state index >= 15 is 0 Å². The van der Waals surface area contributed by atoms with Crippen molar-refractivity contribution in [3.05, 3.63) is 94.9 Å². The number of methoxy groups -OCH3 is 1. The maximum atomic E-state index is 13.4. The largest absolute Gasteiger partial charge is 0.497 e. The lowest BCUT2D eigenvalue weighted by atomic mass is 10.0. The van der Waals surface area contributed by atoms with Gasteiger partial charge < -0.3 is 4.74 Å². The standard InChI is InChI=1S/C24H19NO3S/c1-16-8-10-17(11-9-16)21-22(29-20-6-4-3-5-7-20)24(27)25(23(21)26)18-12-14-19(28-2)15-13-18/h3-15H,1-2H3. The molecule has 1 heterocycles. The minimum Gasteiger partial charge on any atom is -0.497 e. The summed E-state index contributed by atoms with van der Waals surface area (Å²) in [4.78, 5) is 29.3. The summed E-state index contributed by atoms with van der Waals surface area (Å²) in [5.41, 5.74) is 2.78. The first-order valence-electron chi connectivity index (χ1n) is 9.15. The molecule has 4 nitrogen and oxygen atoms in total. The predicted octanol–water partition coefficient (Wildman–Crippen LogP) is 5.08. The Morgan fingerprint density at radius 2 is 1.45 bits per heavy atom. The summed E-state index contributed by atoms with van der Waals surface area (Å²) in [6, 6.07) is 24.2. The topological polar surface area (TPSA) is 46.6 Å². The Bertz CT molecular complexity index is 1090. The Hall–Kier alpha value is -3.31. The van der Waals surface area contributed by atoms with Crippen LogP contribution in [0.5, 0.6) is 5.75 Å². The molecule has 0 saturated heterocycles. The molecule has 0 spiro atoms. The molecule has 1 aliphatic heterocycles. The summed E-state index contributed by atoms with van der Waals surface area (Å²) >= 11 is 1.32. The molecule has 0 N–H and O–H groups in total. The van der Waals surface area contributed by atoms with Crippen LogP contribution >= 0.6 is 11.8 Å². The van der Waals surface area contributed by atoms with Crippen molar-refractivity contribution in [3.8, 4) is 5.75 Å². The van der Waals surface area contributed by atoms with Crippen LogP contribution in [0, 0.1) is 6.92 Å². The normalized spacial score (nSPS) is 13.9. The third-order valence-corrected chi connectivity index (χ3v) is 5.77. The van der Waals surface area contributed by atoms with Gasteiger partial charge in [0.2, 0.25) is 0 Å². The van der Waals surface area contributed by atoms with E-state index in [9.17, 15) is 9.59 Å². The smallest absolute Gasteiger partial charge is 0.272 e. The number of hydrogen-bond acceptors (Lipinski definition) is 4. The molecule has 0 fully saturated rings. The fraction of sp³-hybridized carbons (Fsp3) is 0.0833. The fourth-order valence-corrected chi connectivity index (χ4v) is 4.17. The third-order valence-electron chi connectivity index (χ3n) is 4.68. The fourth-order valence-electron chi connectivity index (χ4n) is 3.15. The number of nitrogens with zero attached hydrogens (tertiary/aromatic N) is 1. The average Bonchev–Trinajstić information content (AvgIpc) is 2.99. The minimum absolute atomic E-state index is 0.315. The number of amides is 2. The van der Waals surface area contributed by atoms with E-state index in [1.54, 1.807) is 31.4 Å². The lowest BCUT2D eigenvalue weighted by molar-refractivity contribution is -0.119. The van der Waals surface area contributed by atoms with Gasteiger partial charge in [-0.25, -0.2) is 4.90 Å². The zero-order valence-electron chi connectivity index (χ0n) is 16.1. The van der Waals surface area contributed by atoms with E-state index in [0.29, 0.717) is 21.9 Å². The number of hydrogen-bond donors (Lipinski definition) is 0. The van der Waals surface area contributed by atoms with Crippen LogP contribution in [0.1, 0.15) is 11.1 Å². The number of benzene rings is 3. The van der Waals surface area contributed by atoms with Crippen molar-refractivity contribution < 1.29 is 14.3 Å². The summed E-state index contributed by atoms with van der Waals surface area (Å²) in [7, 11) is 1.58. The molecule has 144 valence electrons. The molecule has 0 aromatic heterocycles. The number of rotatable bonds is 5. The molecule has 1 aliphatic rings. The second kappa shape index (κ2) is 7.97. The van der Waals surface area contributed by atoms with Crippen molar-refractivity contribution in [3.63, 3.8) is 0 Å². The van der Waals surface area contributed by atoms with E-state index in [0.717, 1.165) is 16.0 Å². The Morgan fingerprint density at radius 3 is 2.07 bits per heavy atom. The van der Waals surface area contributed by atoms with Crippen LogP contribution in [0.2, 0.25) is 0 Å². The monoisotopic (exact) mass is 401 g/mol. The molecule has 0 atom stereocenters. The van der Waals surface area contributed by atoms with Gasteiger partial charge in [-0.2, -0.15) is 0 Å². The molecule has 2 amide bonds. The van der Waals surface area contributed by atoms with Gasteiger partial charge >= 0.3 is 0 Å². The zero-order valence-corrected chi connectivity index (χ0v) is 16.9. The van der Waals surface area contributed by atoms with Crippen LogP contribution in [0.15, 0.2) is 88.7 Å². The van der Waals surface area contributed by atoms with Crippen molar-refractivity contribution in [2.75, 3.05) is 12.0 Å². The van der Waals surface area contributed by atoms with Crippen LogP contribution in [-0.4, -0.2) is 18.9 Å². The highest BCUT2D eigenvalue weighted by molar-refractivity contribution is 8.04.